The Bertz CT molecular complexity index is 1040. The predicted octanol–water partition coefficient (Wildman–Crippen LogP) is 3.27. The molecule has 0 saturated carbocycles. The smallest absolute Gasteiger partial charge is 0.335 e. The molecule has 4 rings (SSSR count). The number of aryl methyl sites for hydroxylation is 2. The Balaban J connectivity index is 1.83. The summed E-state index contributed by atoms with van der Waals surface area (Å²) in [4.78, 5) is 16.0. The number of aliphatic hydroxyl groups excluding tert-OH is 1. The number of carbonyl (C=O) groups is 1. The molecule has 7 heteroatoms. The molecule has 1 aliphatic rings. The lowest BCUT2D eigenvalue weighted by atomic mass is 10.1. The van der Waals surface area contributed by atoms with Crippen molar-refractivity contribution < 1.29 is 19.7 Å². The maximum absolute atomic E-state index is 11.5. The van der Waals surface area contributed by atoms with Gasteiger partial charge < -0.3 is 19.5 Å². The number of hydrogen-bond donors (Lipinski definition) is 2. The number of aliphatic hydroxyl groups is 1. The molecule has 0 radical (unpaired) electrons. The van der Waals surface area contributed by atoms with Gasteiger partial charge in [-0.15, -0.1) is 0 Å². The third-order valence-electron chi connectivity index (χ3n) is 4.87. The second-order valence-electron chi connectivity index (χ2n) is 6.52. The number of halogens is 1. The van der Waals surface area contributed by atoms with E-state index < -0.39 is 18.2 Å². The number of fused-ring (bicyclic) bond motifs is 2. The highest BCUT2D eigenvalue weighted by Gasteiger charge is 2.34. The molecule has 134 valence electrons. The summed E-state index contributed by atoms with van der Waals surface area (Å²) in [6.07, 6.45) is -0.905. The molecule has 0 spiro atoms. The number of nitrogens with zero attached hydrogens (tertiary/aromatic N) is 2. The lowest BCUT2D eigenvalue weighted by Gasteiger charge is -2.19. The first kappa shape index (κ1) is 16.9. The van der Waals surface area contributed by atoms with Crippen LogP contribution in [0, 0.1) is 6.92 Å². The monoisotopic (exact) mass is 372 g/mol. The van der Waals surface area contributed by atoms with Crippen LogP contribution in [0.5, 0.6) is 5.75 Å². The molecule has 0 aliphatic heterocycles. The largest absolute Gasteiger partial charge is 0.481 e. The van der Waals surface area contributed by atoms with Crippen molar-refractivity contribution in [3.05, 3.63) is 57.9 Å². The minimum Gasteiger partial charge on any atom is -0.481 e. The van der Waals surface area contributed by atoms with Gasteiger partial charge in [-0.25, -0.2) is 9.78 Å². The number of imidazole rings is 1. The Morgan fingerprint density at radius 3 is 2.85 bits per heavy atom. The van der Waals surface area contributed by atoms with Crippen molar-refractivity contribution in [1.82, 2.24) is 9.55 Å². The van der Waals surface area contributed by atoms with Gasteiger partial charge in [0.1, 0.15) is 17.1 Å². The van der Waals surface area contributed by atoms with Gasteiger partial charge in [0, 0.05) is 18.5 Å². The molecule has 3 aromatic rings. The average Bonchev–Trinajstić information content (AvgIpc) is 3.04. The summed E-state index contributed by atoms with van der Waals surface area (Å²) in [6, 6.07) is 8.43. The summed E-state index contributed by atoms with van der Waals surface area (Å²) in [7, 11) is 1.82. The number of carboxylic acid groups (broad SMARTS) is 1. The van der Waals surface area contributed by atoms with E-state index >= 15 is 0 Å². The van der Waals surface area contributed by atoms with Crippen LogP contribution in [0.1, 0.15) is 33.4 Å². The molecule has 1 aromatic heterocycles. The third kappa shape index (κ3) is 2.62. The Morgan fingerprint density at radius 1 is 1.35 bits per heavy atom. The van der Waals surface area contributed by atoms with E-state index in [1.807, 2.05) is 30.7 Å². The van der Waals surface area contributed by atoms with E-state index in [2.05, 4.69) is 4.98 Å². The van der Waals surface area contributed by atoms with Crippen LogP contribution in [0.2, 0.25) is 5.02 Å². The van der Waals surface area contributed by atoms with Crippen LogP contribution in [0.25, 0.3) is 11.0 Å². The first-order chi connectivity index (χ1) is 12.3. The second-order valence-corrected chi connectivity index (χ2v) is 6.95. The molecule has 6 nitrogen and oxygen atoms in total. The van der Waals surface area contributed by atoms with Crippen LogP contribution in [0.4, 0.5) is 0 Å². The van der Waals surface area contributed by atoms with Crippen molar-refractivity contribution in [2.24, 2.45) is 7.05 Å². The molecule has 0 saturated heterocycles. The number of aromatic nitrogens is 2. The first-order valence-electron chi connectivity index (χ1n) is 8.18. The van der Waals surface area contributed by atoms with Crippen LogP contribution in [0.15, 0.2) is 30.3 Å². The lowest BCUT2D eigenvalue weighted by molar-refractivity contribution is 0.0502. The highest BCUT2D eigenvalue weighted by atomic mass is 35.5. The van der Waals surface area contributed by atoms with Gasteiger partial charge >= 0.3 is 5.97 Å². The first-order valence-corrected chi connectivity index (χ1v) is 8.56. The number of carboxylic acids is 1. The Hall–Kier alpha value is -2.57. The molecule has 1 heterocycles. The van der Waals surface area contributed by atoms with E-state index in [9.17, 15) is 15.0 Å². The molecule has 26 heavy (non-hydrogen) atoms. The summed E-state index contributed by atoms with van der Waals surface area (Å²) >= 11 is 6.03. The minimum absolute atomic E-state index is 0.110. The van der Waals surface area contributed by atoms with E-state index in [4.69, 9.17) is 16.3 Å². The molecule has 2 unspecified atom stereocenters. The fourth-order valence-electron chi connectivity index (χ4n) is 3.43. The van der Waals surface area contributed by atoms with Crippen molar-refractivity contribution in [1.29, 1.82) is 0 Å². The molecule has 0 bridgehead atoms. The summed E-state index contributed by atoms with van der Waals surface area (Å²) in [5.74, 6) is 0.0387. The van der Waals surface area contributed by atoms with Crippen LogP contribution in [-0.4, -0.2) is 31.8 Å². The molecule has 2 N–H and O–H groups in total. The quantitative estimate of drug-likeness (QED) is 0.737. The fourth-order valence-corrected chi connectivity index (χ4v) is 3.63. The highest BCUT2D eigenvalue weighted by Crippen LogP contribution is 2.39. The molecule has 2 aromatic carbocycles. The molecule has 1 aliphatic carbocycles. The van der Waals surface area contributed by atoms with Crippen LogP contribution in [-0.2, 0) is 13.5 Å². The summed E-state index contributed by atoms with van der Waals surface area (Å²) in [5.41, 5.74) is 3.13. The van der Waals surface area contributed by atoms with E-state index in [0.29, 0.717) is 28.2 Å². The van der Waals surface area contributed by atoms with Crippen LogP contribution < -0.4 is 4.74 Å². The van der Waals surface area contributed by atoms with E-state index in [1.165, 1.54) is 6.07 Å². The fraction of sp³-hybridized carbons (Fsp3) is 0.263. The van der Waals surface area contributed by atoms with Crippen molar-refractivity contribution in [3.8, 4) is 5.75 Å². The van der Waals surface area contributed by atoms with Gasteiger partial charge in [0.2, 0.25) is 0 Å². The maximum Gasteiger partial charge on any atom is 0.335 e. The molecule has 2 atom stereocenters. The number of aromatic carboxylic acids is 1. The van der Waals surface area contributed by atoms with Crippen molar-refractivity contribution in [2.75, 3.05) is 0 Å². The highest BCUT2D eigenvalue weighted by molar-refractivity contribution is 6.30. The second kappa shape index (κ2) is 6.00. The van der Waals surface area contributed by atoms with Crippen molar-refractivity contribution in [3.63, 3.8) is 0 Å². The van der Waals surface area contributed by atoms with E-state index in [0.717, 1.165) is 17.0 Å². The minimum atomic E-state index is -1.05. The zero-order valence-corrected chi connectivity index (χ0v) is 15.0. The number of benzene rings is 2. The van der Waals surface area contributed by atoms with Crippen LogP contribution in [0.3, 0.4) is 0 Å². The Labute approximate surface area is 154 Å². The third-order valence-corrected chi connectivity index (χ3v) is 5.10. The predicted molar refractivity (Wildman–Crippen MR) is 96.9 cm³/mol. The Kier molecular flexibility index (Phi) is 3.89. The topological polar surface area (TPSA) is 84.6 Å². The van der Waals surface area contributed by atoms with Crippen LogP contribution >= 0.6 is 11.6 Å². The standard InChI is InChI=1S/C19H17ClN2O4/c1-9-21-17-14(22(9)2)6-11(19(24)25)8-16(17)26-18-13-4-3-12(20)5-10(13)7-15(18)23/h3-6,8,15,18,23H,7H2,1-2H3,(H,24,25). The SMILES string of the molecule is Cc1nc2c(OC3c4ccc(Cl)cc4CC3O)cc(C(=O)O)cc2n1C. The van der Waals surface area contributed by atoms with Crippen molar-refractivity contribution in [2.45, 2.75) is 25.6 Å². The van der Waals surface area contributed by atoms with Gasteiger partial charge in [-0.1, -0.05) is 17.7 Å². The number of ether oxygens (including phenoxy) is 1. The van der Waals surface area contributed by atoms with Gasteiger partial charge in [0.05, 0.1) is 17.2 Å². The zero-order valence-electron chi connectivity index (χ0n) is 14.2. The zero-order chi connectivity index (χ0) is 18.6. The number of hydrogen-bond acceptors (Lipinski definition) is 4. The summed E-state index contributed by atoms with van der Waals surface area (Å²) < 4.78 is 7.91. The van der Waals surface area contributed by atoms with Gasteiger partial charge in [-0.05, 0) is 42.3 Å². The summed E-state index contributed by atoms with van der Waals surface area (Å²) in [6.45, 7) is 1.84. The van der Waals surface area contributed by atoms with Gasteiger partial charge in [-0.3, -0.25) is 0 Å². The Morgan fingerprint density at radius 2 is 2.12 bits per heavy atom. The van der Waals surface area contributed by atoms with Gasteiger partial charge in [0.15, 0.2) is 6.10 Å². The van der Waals surface area contributed by atoms with E-state index in [1.54, 1.807) is 12.1 Å². The molecular formula is C19H17ClN2O4. The normalized spacial score (nSPS) is 18.9. The van der Waals surface area contributed by atoms with E-state index in [-0.39, 0.29) is 5.56 Å². The van der Waals surface area contributed by atoms with Crippen molar-refractivity contribution >= 4 is 28.6 Å². The van der Waals surface area contributed by atoms with Gasteiger partial charge in [0.25, 0.3) is 0 Å². The van der Waals surface area contributed by atoms with Gasteiger partial charge in [-0.2, -0.15) is 0 Å². The lowest BCUT2D eigenvalue weighted by Crippen LogP contribution is -2.19. The molecule has 0 fully saturated rings. The molecule has 0 amide bonds. The maximum atomic E-state index is 11.5. The number of rotatable bonds is 3. The average molecular weight is 373 g/mol. The summed E-state index contributed by atoms with van der Waals surface area (Å²) in [5, 5.41) is 20.5. The molecular weight excluding hydrogens is 356 g/mol.